The van der Waals surface area contributed by atoms with Crippen molar-refractivity contribution in [1.82, 2.24) is 24.3 Å². The maximum Gasteiger partial charge on any atom is 0.573 e. The van der Waals surface area contributed by atoms with Crippen LogP contribution in [0.1, 0.15) is 21.6 Å². The van der Waals surface area contributed by atoms with Crippen molar-refractivity contribution in [1.29, 1.82) is 0 Å². The van der Waals surface area contributed by atoms with Crippen molar-refractivity contribution in [3.63, 3.8) is 0 Å². The van der Waals surface area contributed by atoms with Crippen molar-refractivity contribution in [2.24, 2.45) is 24.8 Å². The Kier molecular flexibility index (Phi) is 6.14. The molecule has 6 rings (SSSR count). The summed E-state index contributed by atoms with van der Waals surface area (Å²) in [5, 5.41) is 1.21. The second-order valence-corrected chi connectivity index (χ2v) is 10.4. The molecule has 2 aliphatic rings. The zero-order valence-electron chi connectivity index (χ0n) is 20.9. The summed E-state index contributed by atoms with van der Waals surface area (Å²) >= 11 is 0. The van der Waals surface area contributed by atoms with Gasteiger partial charge < -0.3 is 19.2 Å². The lowest BCUT2D eigenvalue weighted by atomic mass is 10.1. The zero-order chi connectivity index (χ0) is 26.4. The molecule has 2 atom stereocenters. The highest BCUT2D eigenvalue weighted by atomic mass is 19.4. The van der Waals surface area contributed by atoms with Gasteiger partial charge in [0.15, 0.2) is 0 Å². The number of H-pyrrole nitrogens is 1. The van der Waals surface area contributed by atoms with Crippen LogP contribution < -0.4 is 4.74 Å². The van der Waals surface area contributed by atoms with Crippen LogP contribution in [-0.2, 0) is 20.1 Å². The van der Waals surface area contributed by atoms with Crippen LogP contribution >= 0.6 is 0 Å². The van der Waals surface area contributed by atoms with Crippen molar-refractivity contribution < 1.29 is 22.7 Å². The van der Waals surface area contributed by atoms with Crippen LogP contribution in [0.25, 0.3) is 10.9 Å². The van der Waals surface area contributed by atoms with E-state index in [-0.39, 0.29) is 18.2 Å². The number of aromatic nitrogens is 3. The lowest BCUT2D eigenvalue weighted by Gasteiger charge is -2.25. The van der Waals surface area contributed by atoms with Crippen molar-refractivity contribution >= 4 is 16.8 Å². The molecular weight excluding hydrogens is 495 g/mol. The first-order valence-corrected chi connectivity index (χ1v) is 12.6. The quantitative estimate of drug-likeness (QED) is 0.360. The van der Waals surface area contributed by atoms with Crippen LogP contribution in [0.3, 0.4) is 0 Å². The number of amides is 1. The molecule has 0 radical (unpaired) electrons. The fraction of sp³-hybridized carbons (Fsp3) is 0.357. The summed E-state index contributed by atoms with van der Waals surface area (Å²) < 4.78 is 43.9. The number of piperidine rings is 1. The third-order valence-electron chi connectivity index (χ3n) is 7.62. The Labute approximate surface area is 217 Å². The Bertz CT molecular complexity index is 1450. The van der Waals surface area contributed by atoms with E-state index in [0.717, 1.165) is 25.2 Å². The number of aryl methyl sites for hydroxylation is 1. The average Bonchev–Trinajstić information content (AvgIpc) is 3.33. The molecule has 4 aromatic rings. The van der Waals surface area contributed by atoms with Crippen LogP contribution in [-0.4, -0.2) is 56.2 Å². The molecule has 7 nitrogen and oxygen atoms in total. The fourth-order valence-corrected chi connectivity index (χ4v) is 5.82. The number of likely N-dealkylation sites (tertiary alicyclic amines) is 1. The number of rotatable bonds is 8. The molecular formula is C28H28F3N5O2. The minimum atomic E-state index is -4.77. The molecule has 2 unspecified atom stereocenters. The normalized spacial score (nSPS) is 21.0. The summed E-state index contributed by atoms with van der Waals surface area (Å²) in [5.74, 6) is 0.849. The summed E-state index contributed by atoms with van der Waals surface area (Å²) in [6, 6.07) is 14.4. The molecule has 3 heterocycles. The van der Waals surface area contributed by atoms with Crippen LogP contribution in [0.2, 0.25) is 0 Å². The first-order valence-electron chi connectivity index (χ1n) is 12.6. The molecule has 2 aromatic heterocycles. The fourth-order valence-electron chi connectivity index (χ4n) is 5.82. The van der Waals surface area contributed by atoms with Gasteiger partial charge in [-0.3, -0.25) is 9.69 Å². The molecule has 1 saturated heterocycles. The first kappa shape index (κ1) is 24.5. The predicted octanol–water partition coefficient (Wildman–Crippen LogP) is 4.82. The summed E-state index contributed by atoms with van der Waals surface area (Å²) in [6.45, 7) is 3.56. The SMILES string of the molecule is Cn1cnc(C(=O)N(Cc2cccc(OC(F)(F)F)c2)CC2C3CN(Cc4ccc5[nH]ccc5c4)CC32)c1. The molecule has 198 valence electrons. The van der Waals surface area contributed by atoms with E-state index in [1.807, 2.05) is 6.20 Å². The number of nitrogens with zero attached hydrogens (tertiary/aromatic N) is 4. The Morgan fingerprint density at radius 3 is 2.68 bits per heavy atom. The van der Waals surface area contributed by atoms with Gasteiger partial charge >= 0.3 is 6.36 Å². The smallest absolute Gasteiger partial charge is 0.406 e. The van der Waals surface area contributed by atoms with E-state index in [9.17, 15) is 18.0 Å². The molecule has 10 heteroatoms. The maximum atomic E-state index is 13.4. The topological polar surface area (TPSA) is 66.4 Å². The van der Waals surface area contributed by atoms with E-state index in [2.05, 4.69) is 43.9 Å². The number of alkyl halides is 3. The Morgan fingerprint density at radius 1 is 1.13 bits per heavy atom. The maximum absolute atomic E-state index is 13.4. The summed E-state index contributed by atoms with van der Waals surface area (Å²) in [7, 11) is 1.79. The Morgan fingerprint density at radius 2 is 1.95 bits per heavy atom. The molecule has 0 spiro atoms. The number of nitrogens with one attached hydrogen (secondary N) is 1. The largest absolute Gasteiger partial charge is 0.573 e. The van der Waals surface area contributed by atoms with Gasteiger partial charge in [0.25, 0.3) is 5.91 Å². The lowest BCUT2D eigenvalue weighted by molar-refractivity contribution is -0.274. The number of hydrogen-bond donors (Lipinski definition) is 1. The Balaban J connectivity index is 1.12. The number of imidazole rings is 1. The van der Waals surface area contributed by atoms with Crippen molar-refractivity contribution in [2.75, 3.05) is 19.6 Å². The minimum Gasteiger partial charge on any atom is -0.406 e. The van der Waals surface area contributed by atoms with Gasteiger partial charge in [-0.25, -0.2) is 4.98 Å². The van der Waals surface area contributed by atoms with E-state index in [0.29, 0.717) is 35.6 Å². The van der Waals surface area contributed by atoms with E-state index in [1.54, 1.807) is 35.1 Å². The van der Waals surface area contributed by atoms with Gasteiger partial charge in [0.1, 0.15) is 11.4 Å². The number of hydrogen-bond acceptors (Lipinski definition) is 4. The lowest BCUT2D eigenvalue weighted by Crippen LogP contribution is -2.35. The number of halogens is 3. The molecule has 1 aliphatic carbocycles. The molecule has 1 amide bonds. The molecule has 38 heavy (non-hydrogen) atoms. The number of fused-ring (bicyclic) bond motifs is 2. The molecule has 0 bridgehead atoms. The van der Waals surface area contributed by atoms with Crippen LogP contribution in [0.4, 0.5) is 13.2 Å². The van der Waals surface area contributed by atoms with Gasteiger partial charge in [-0.15, -0.1) is 13.2 Å². The summed E-state index contributed by atoms with van der Waals surface area (Å²) in [6.07, 6.45) is 0.404. The molecule has 1 aliphatic heterocycles. The summed E-state index contributed by atoms with van der Waals surface area (Å²) in [5.41, 5.74) is 3.31. The summed E-state index contributed by atoms with van der Waals surface area (Å²) in [4.78, 5) is 25.0. The third-order valence-corrected chi connectivity index (χ3v) is 7.62. The van der Waals surface area contributed by atoms with Gasteiger partial charge in [-0.05, 0) is 64.6 Å². The molecule has 2 fully saturated rings. The number of benzene rings is 2. The highest BCUT2D eigenvalue weighted by Crippen LogP contribution is 2.52. The highest BCUT2D eigenvalue weighted by Gasteiger charge is 2.55. The molecule has 1 saturated carbocycles. The van der Waals surface area contributed by atoms with E-state index in [1.165, 1.54) is 29.1 Å². The van der Waals surface area contributed by atoms with Crippen molar-refractivity contribution in [3.8, 4) is 5.75 Å². The predicted molar refractivity (Wildman–Crippen MR) is 135 cm³/mol. The number of carbonyl (C=O) groups excluding carboxylic acids is 1. The molecule has 2 aromatic carbocycles. The van der Waals surface area contributed by atoms with Gasteiger partial charge in [0, 0.05) is 57.7 Å². The standard InChI is InChI=1S/C28H28F3N5O2/c1-34-16-26(33-17-34)27(37)36(12-18-3-2-4-21(10-18)38-28(29,30)31)15-24-22-13-35(14-23(22)24)11-19-5-6-25-20(9-19)7-8-32-25/h2-10,16-17,22-24,32H,11-15H2,1H3. The van der Waals surface area contributed by atoms with Gasteiger partial charge in [-0.2, -0.15) is 0 Å². The van der Waals surface area contributed by atoms with E-state index in [4.69, 9.17) is 0 Å². The minimum absolute atomic E-state index is 0.181. The van der Waals surface area contributed by atoms with Crippen molar-refractivity contribution in [3.05, 3.63) is 84.1 Å². The van der Waals surface area contributed by atoms with Crippen molar-refractivity contribution in [2.45, 2.75) is 19.5 Å². The van der Waals surface area contributed by atoms with Gasteiger partial charge in [-0.1, -0.05) is 18.2 Å². The van der Waals surface area contributed by atoms with Crippen LogP contribution in [0, 0.1) is 17.8 Å². The van der Waals surface area contributed by atoms with Gasteiger partial charge in [0.05, 0.1) is 6.33 Å². The number of ether oxygens (including phenoxy) is 1. The Hall–Kier alpha value is -3.79. The average molecular weight is 524 g/mol. The monoisotopic (exact) mass is 523 g/mol. The van der Waals surface area contributed by atoms with Crippen LogP contribution in [0.5, 0.6) is 5.75 Å². The number of carbonyl (C=O) groups is 1. The second kappa shape index (κ2) is 9.50. The number of aromatic amines is 1. The van der Waals surface area contributed by atoms with E-state index < -0.39 is 6.36 Å². The van der Waals surface area contributed by atoms with Crippen LogP contribution in [0.15, 0.2) is 67.3 Å². The van der Waals surface area contributed by atoms with E-state index >= 15 is 0 Å². The third kappa shape index (κ3) is 5.26. The van der Waals surface area contributed by atoms with Gasteiger partial charge in [0.2, 0.25) is 0 Å². The molecule has 1 N–H and O–H groups in total. The highest BCUT2D eigenvalue weighted by molar-refractivity contribution is 5.92. The zero-order valence-corrected chi connectivity index (χ0v) is 20.9. The second-order valence-electron chi connectivity index (χ2n) is 10.4. The first-order chi connectivity index (χ1) is 18.2.